The largest absolute Gasteiger partial charge is 0.491 e. The van der Waals surface area contributed by atoms with E-state index in [1.54, 1.807) is 18.2 Å². The van der Waals surface area contributed by atoms with Crippen LogP contribution in [0.15, 0.2) is 72.8 Å². The molecule has 1 saturated heterocycles. The number of hydrogen-bond donors (Lipinski definition) is 1. The van der Waals surface area contributed by atoms with Crippen LogP contribution in [0.25, 0.3) is 11.1 Å². The number of rotatable bonds is 3. The summed E-state index contributed by atoms with van der Waals surface area (Å²) in [5.41, 5.74) is 2.02. The summed E-state index contributed by atoms with van der Waals surface area (Å²) in [4.78, 5) is 15.2. The lowest BCUT2D eigenvalue weighted by atomic mass is 10.0. The number of fused-ring (bicyclic) bond motifs is 2. The van der Waals surface area contributed by atoms with Gasteiger partial charge in [0.1, 0.15) is 12.4 Å². The molecule has 5 rings (SSSR count). The summed E-state index contributed by atoms with van der Waals surface area (Å²) < 4.78 is 44.5. The van der Waals surface area contributed by atoms with Crippen LogP contribution in [0.3, 0.4) is 0 Å². The number of hydrogen-bond acceptors (Lipinski definition) is 3. The minimum absolute atomic E-state index is 0.0365. The van der Waals surface area contributed by atoms with Crippen molar-refractivity contribution in [2.24, 2.45) is 0 Å². The number of carbonyl (C=O) groups excluding carboxylic acids is 1. The fraction of sp³-hybridized carbons (Fsp3) is 0.240. The predicted molar refractivity (Wildman–Crippen MR) is 116 cm³/mol. The molecule has 0 spiro atoms. The molecule has 1 fully saturated rings. The Morgan fingerprint density at radius 3 is 2.38 bits per heavy atom. The zero-order valence-electron chi connectivity index (χ0n) is 17.1. The lowest BCUT2D eigenvalue weighted by Gasteiger charge is -2.20. The van der Waals surface area contributed by atoms with Crippen molar-refractivity contribution in [2.75, 3.05) is 18.5 Å². The summed E-state index contributed by atoms with van der Waals surface area (Å²) in [6.07, 6.45) is -3.61. The number of benzene rings is 3. The topological polar surface area (TPSA) is 41.6 Å². The van der Waals surface area contributed by atoms with E-state index in [0.717, 1.165) is 24.2 Å². The monoisotopic (exact) mass is 438 g/mol. The van der Waals surface area contributed by atoms with Crippen molar-refractivity contribution in [3.05, 3.63) is 83.9 Å². The highest BCUT2D eigenvalue weighted by Crippen LogP contribution is 2.35. The lowest BCUT2D eigenvalue weighted by molar-refractivity contribution is -0.137. The van der Waals surface area contributed by atoms with Crippen molar-refractivity contribution in [2.45, 2.75) is 24.7 Å². The second-order valence-corrected chi connectivity index (χ2v) is 8.15. The van der Waals surface area contributed by atoms with Gasteiger partial charge >= 0.3 is 6.18 Å². The summed E-state index contributed by atoms with van der Waals surface area (Å²) in [7, 11) is 0. The van der Waals surface area contributed by atoms with Gasteiger partial charge in [-0.05, 0) is 53.9 Å². The van der Waals surface area contributed by atoms with E-state index in [1.165, 1.54) is 12.1 Å². The van der Waals surface area contributed by atoms with Gasteiger partial charge in [0.15, 0.2) is 0 Å². The summed E-state index contributed by atoms with van der Waals surface area (Å²) >= 11 is 0. The van der Waals surface area contributed by atoms with Crippen LogP contribution in [0.4, 0.5) is 18.9 Å². The van der Waals surface area contributed by atoms with Crippen molar-refractivity contribution in [1.82, 2.24) is 4.90 Å². The van der Waals surface area contributed by atoms with Gasteiger partial charge in [-0.2, -0.15) is 13.2 Å². The zero-order chi connectivity index (χ0) is 22.3. The van der Waals surface area contributed by atoms with Crippen LogP contribution in [-0.2, 0) is 6.18 Å². The third kappa shape index (κ3) is 3.90. The van der Waals surface area contributed by atoms with Gasteiger partial charge in [0.2, 0.25) is 0 Å². The molecule has 0 aliphatic carbocycles. The first kappa shape index (κ1) is 20.4. The van der Waals surface area contributed by atoms with Crippen molar-refractivity contribution in [3.63, 3.8) is 0 Å². The number of para-hydroxylation sites is 1. The molecule has 7 heteroatoms. The minimum Gasteiger partial charge on any atom is -0.491 e. The van der Waals surface area contributed by atoms with Crippen LogP contribution in [0.2, 0.25) is 0 Å². The third-order valence-corrected chi connectivity index (χ3v) is 6.01. The third-order valence-electron chi connectivity index (χ3n) is 6.01. The number of anilines is 1. The van der Waals surface area contributed by atoms with Crippen LogP contribution in [0.1, 0.15) is 22.3 Å². The van der Waals surface area contributed by atoms with E-state index in [9.17, 15) is 18.0 Å². The molecule has 0 saturated carbocycles. The molecular weight excluding hydrogens is 417 g/mol. The summed E-state index contributed by atoms with van der Waals surface area (Å²) in [6, 6.07) is 20.1. The molecule has 3 aromatic rings. The fourth-order valence-electron chi connectivity index (χ4n) is 4.39. The van der Waals surface area contributed by atoms with Crippen LogP contribution in [0, 0.1) is 0 Å². The second-order valence-electron chi connectivity index (χ2n) is 8.15. The van der Waals surface area contributed by atoms with Crippen LogP contribution in [-0.4, -0.2) is 36.0 Å². The Bertz CT molecular complexity index is 1130. The molecule has 1 amide bonds. The van der Waals surface area contributed by atoms with Gasteiger partial charge in [0, 0.05) is 18.3 Å². The molecule has 0 radical (unpaired) electrons. The molecule has 3 aromatic carbocycles. The molecule has 2 aliphatic heterocycles. The Balaban J connectivity index is 1.38. The van der Waals surface area contributed by atoms with Gasteiger partial charge in [0.25, 0.3) is 5.91 Å². The van der Waals surface area contributed by atoms with Gasteiger partial charge < -0.3 is 15.0 Å². The summed E-state index contributed by atoms with van der Waals surface area (Å²) in [5.74, 6) is 0.390. The fourth-order valence-corrected chi connectivity index (χ4v) is 4.39. The highest BCUT2D eigenvalue weighted by atomic mass is 19.4. The number of halogens is 3. The predicted octanol–water partition coefficient (Wildman–Crippen LogP) is 5.46. The molecule has 0 bridgehead atoms. The number of alkyl halides is 3. The van der Waals surface area contributed by atoms with Crippen molar-refractivity contribution < 1.29 is 22.7 Å². The Labute approximate surface area is 183 Å². The molecule has 2 heterocycles. The second kappa shape index (κ2) is 7.89. The lowest BCUT2D eigenvalue weighted by Crippen LogP contribution is -2.37. The normalized spacial score (nSPS) is 20.2. The van der Waals surface area contributed by atoms with Crippen LogP contribution < -0.4 is 10.1 Å². The quantitative estimate of drug-likeness (QED) is 0.591. The average Bonchev–Trinajstić information content (AvgIpc) is 3.14. The van der Waals surface area contributed by atoms with Crippen LogP contribution in [0.5, 0.6) is 5.75 Å². The highest BCUT2D eigenvalue weighted by Gasteiger charge is 2.39. The van der Waals surface area contributed by atoms with E-state index in [4.69, 9.17) is 4.74 Å². The van der Waals surface area contributed by atoms with Gasteiger partial charge in [0.05, 0.1) is 17.2 Å². The van der Waals surface area contributed by atoms with Gasteiger partial charge in [-0.25, -0.2) is 0 Å². The maximum absolute atomic E-state index is 13.4. The molecule has 2 atom stereocenters. The van der Waals surface area contributed by atoms with Crippen molar-refractivity contribution in [1.29, 1.82) is 0 Å². The first-order chi connectivity index (χ1) is 15.4. The first-order valence-corrected chi connectivity index (χ1v) is 10.5. The number of nitrogens with zero attached hydrogens (tertiary/aromatic N) is 1. The van der Waals surface area contributed by atoms with Crippen molar-refractivity contribution in [3.8, 4) is 16.9 Å². The molecule has 32 heavy (non-hydrogen) atoms. The first-order valence-electron chi connectivity index (χ1n) is 10.5. The van der Waals surface area contributed by atoms with E-state index in [0.29, 0.717) is 35.6 Å². The number of nitrogens with one attached hydrogen (secondary N) is 1. The summed E-state index contributed by atoms with van der Waals surface area (Å²) in [6.45, 7) is 0.969. The minimum atomic E-state index is -4.38. The maximum Gasteiger partial charge on any atom is 0.416 e. The average molecular weight is 438 g/mol. The standard InChI is InChI=1S/C25H21F3N2O2/c26-25(27,28)18-9-6-16(7-10-18)17-8-11-23-22(12-17)24(31)30-14-20(13-21(30)15-32-23)29-19-4-2-1-3-5-19/h1-12,20-21,29H,13-15H2/t20-,21+/m1/s1. The maximum atomic E-state index is 13.4. The molecule has 4 nitrogen and oxygen atoms in total. The number of amides is 1. The van der Waals surface area contributed by atoms with E-state index < -0.39 is 11.7 Å². The Morgan fingerprint density at radius 1 is 0.938 bits per heavy atom. The Morgan fingerprint density at radius 2 is 1.66 bits per heavy atom. The van der Waals surface area contributed by atoms with Gasteiger partial charge in [-0.3, -0.25) is 4.79 Å². The number of ether oxygens (including phenoxy) is 1. The Hall–Kier alpha value is -3.48. The van der Waals surface area contributed by atoms with E-state index >= 15 is 0 Å². The molecule has 0 unspecified atom stereocenters. The highest BCUT2D eigenvalue weighted by molar-refractivity contribution is 5.99. The molecule has 1 N–H and O–H groups in total. The van der Waals surface area contributed by atoms with Gasteiger partial charge in [-0.15, -0.1) is 0 Å². The Kier molecular flexibility index (Phi) is 5.04. The van der Waals surface area contributed by atoms with Crippen molar-refractivity contribution >= 4 is 11.6 Å². The van der Waals surface area contributed by atoms with E-state index in [1.807, 2.05) is 35.2 Å². The molecule has 164 valence electrons. The zero-order valence-corrected chi connectivity index (χ0v) is 17.1. The smallest absolute Gasteiger partial charge is 0.416 e. The summed E-state index contributed by atoms with van der Waals surface area (Å²) in [5, 5.41) is 3.48. The van der Waals surface area contributed by atoms with E-state index in [-0.39, 0.29) is 18.0 Å². The van der Waals surface area contributed by atoms with Crippen LogP contribution >= 0.6 is 0 Å². The van der Waals surface area contributed by atoms with E-state index in [2.05, 4.69) is 5.32 Å². The van der Waals surface area contributed by atoms with Gasteiger partial charge in [-0.1, -0.05) is 36.4 Å². The molecular formula is C25H21F3N2O2. The SMILES string of the molecule is O=C1c2cc(-c3ccc(C(F)(F)F)cc3)ccc2OC[C@@H]2C[C@@H](Nc3ccccc3)CN12. The molecule has 2 aliphatic rings. The number of carbonyl (C=O) groups is 1. The molecule has 0 aromatic heterocycles.